The van der Waals surface area contributed by atoms with E-state index in [4.69, 9.17) is 4.42 Å². The summed E-state index contributed by atoms with van der Waals surface area (Å²) in [5.74, 6) is 1.88. The molecule has 0 amide bonds. The lowest BCUT2D eigenvalue weighted by molar-refractivity contribution is -0.428. The normalized spacial score (nSPS) is 29.4. The van der Waals surface area contributed by atoms with Crippen LogP contribution in [0.5, 0.6) is 0 Å². The highest BCUT2D eigenvalue weighted by molar-refractivity contribution is 5.00. The fourth-order valence-electron chi connectivity index (χ4n) is 2.07. The average Bonchev–Trinajstić information content (AvgIpc) is 2.65. The van der Waals surface area contributed by atoms with Crippen molar-refractivity contribution in [2.75, 3.05) is 0 Å². The van der Waals surface area contributed by atoms with Gasteiger partial charge in [0, 0.05) is 12.3 Å². The van der Waals surface area contributed by atoms with Gasteiger partial charge in [-0.15, -0.1) is 0 Å². The fourth-order valence-corrected chi connectivity index (χ4v) is 2.07. The van der Waals surface area contributed by atoms with Crippen LogP contribution in [0.2, 0.25) is 0 Å². The molecule has 0 unspecified atom stereocenters. The first kappa shape index (κ1) is 7.87. The van der Waals surface area contributed by atoms with Crippen molar-refractivity contribution in [2.45, 2.75) is 31.7 Å². The maximum atomic E-state index is 5.32. The molecule has 0 spiro atoms. The van der Waals surface area contributed by atoms with Gasteiger partial charge >= 0.3 is 0 Å². The highest BCUT2D eigenvalue weighted by Crippen LogP contribution is 2.26. The van der Waals surface area contributed by atoms with Gasteiger partial charge in [0.05, 0.1) is 12.3 Å². The predicted molar refractivity (Wildman–Crippen MR) is 46.4 cm³/mol. The van der Waals surface area contributed by atoms with Crippen LogP contribution in [-0.2, 0) is 6.42 Å². The van der Waals surface area contributed by atoms with Crippen molar-refractivity contribution in [1.29, 1.82) is 0 Å². The molecule has 2 heteroatoms. The van der Waals surface area contributed by atoms with Crippen molar-refractivity contribution in [3.8, 4) is 0 Å². The molecule has 3 N–H and O–H groups in total. The lowest BCUT2D eigenvalue weighted by Crippen LogP contribution is -2.62. The monoisotopic (exact) mass is 166 g/mol. The van der Waals surface area contributed by atoms with Gasteiger partial charge in [0.1, 0.15) is 5.76 Å². The topological polar surface area (TPSA) is 40.8 Å². The molecule has 2 nitrogen and oxygen atoms in total. The Labute approximate surface area is 72.7 Å². The molecular weight excluding hydrogens is 150 g/mol. The van der Waals surface area contributed by atoms with Gasteiger partial charge in [0.25, 0.3) is 0 Å². The first-order valence-electron chi connectivity index (χ1n) is 4.72. The van der Waals surface area contributed by atoms with Crippen LogP contribution in [0, 0.1) is 5.92 Å². The summed E-state index contributed by atoms with van der Waals surface area (Å²) in [6, 6.07) is 4.67. The Balaban J connectivity index is 1.95. The van der Waals surface area contributed by atoms with E-state index in [9.17, 15) is 0 Å². The minimum Gasteiger partial charge on any atom is -0.469 e. The maximum Gasteiger partial charge on any atom is 0.104 e. The molecule has 66 valence electrons. The Bertz CT molecular complexity index is 230. The van der Waals surface area contributed by atoms with Gasteiger partial charge in [-0.05, 0) is 31.4 Å². The highest BCUT2D eigenvalue weighted by Gasteiger charge is 2.27. The van der Waals surface area contributed by atoms with E-state index in [1.807, 2.05) is 6.07 Å². The van der Waals surface area contributed by atoms with Crippen LogP contribution in [0.1, 0.15) is 25.0 Å². The van der Waals surface area contributed by atoms with Gasteiger partial charge in [0.2, 0.25) is 0 Å². The second-order valence-electron chi connectivity index (χ2n) is 3.73. The molecule has 1 aliphatic rings. The predicted octanol–water partition coefficient (Wildman–Crippen LogP) is 1.23. The van der Waals surface area contributed by atoms with Crippen molar-refractivity contribution >= 4 is 0 Å². The molecule has 2 rings (SSSR count). The van der Waals surface area contributed by atoms with Gasteiger partial charge in [-0.1, -0.05) is 0 Å². The Morgan fingerprint density at radius 3 is 3.00 bits per heavy atom. The Morgan fingerprint density at radius 1 is 1.50 bits per heavy atom. The van der Waals surface area contributed by atoms with Crippen LogP contribution in [0.25, 0.3) is 0 Å². The van der Waals surface area contributed by atoms with Crippen LogP contribution >= 0.6 is 0 Å². The van der Waals surface area contributed by atoms with E-state index in [2.05, 4.69) is 11.8 Å². The first-order chi connectivity index (χ1) is 5.86. The summed E-state index contributed by atoms with van der Waals surface area (Å²) in [4.78, 5) is 0. The lowest BCUT2D eigenvalue weighted by Gasteiger charge is -2.09. The molecular formula is C10H16NO+. The minimum atomic E-state index is 0.648. The first-order valence-corrected chi connectivity index (χ1v) is 4.72. The zero-order chi connectivity index (χ0) is 8.39. The number of furan rings is 1. The van der Waals surface area contributed by atoms with E-state index in [0.29, 0.717) is 6.04 Å². The van der Waals surface area contributed by atoms with Crippen LogP contribution in [-0.4, -0.2) is 6.04 Å². The Kier molecular flexibility index (Phi) is 2.17. The van der Waals surface area contributed by atoms with E-state index in [-0.39, 0.29) is 0 Å². The van der Waals surface area contributed by atoms with E-state index in [1.165, 1.54) is 19.3 Å². The number of hydrogen-bond acceptors (Lipinski definition) is 1. The molecule has 0 aromatic carbocycles. The van der Waals surface area contributed by atoms with Crippen LogP contribution in [0.15, 0.2) is 22.8 Å². The standard InChI is InChI=1S/C10H15NO/c11-10-5-1-3-8(10)7-9-4-2-6-12-9/h2,4,6,8,10H,1,3,5,7,11H2/p+1/t8-,10+/m0/s1. The van der Waals surface area contributed by atoms with Gasteiger partial charge in [-0.25, -0.2) is 0 Å². The molecule has 12 heavy (non-hydrogen) atoms. The summed E-state index contributed by atoms with van der Waals surface area (Å²) in [5, 5.41) is 0. The zero-order valence-corrected chi connectivity index (χ0v) is 7.33. The number of hydrogen-bond donors (Lipinski definition) is 1. The van der Waals surface area contributed by atoms with Gasteiger partial charge in [-0.2, -0.15) is 0 Å². The molecule has 1 saturated carbocycles. The average molecular weight is 166 g/mol. The summed E-state index contributed by atoms with van der Waals surface area (Å²) >= 11 is 0. The van der Waals surface area contributed by atoms with Gasteiger partial charge in [-0.3, -0.25) is 0 Å². The Hall–Kier alpha value is -0.760. The third-order valence-corrected chi connectivity index (χ3v) is 2.86. The largest absolute Gasteiger partial charge is 0.469 e. The Morgan fingerprint density at radius 2 is 2.42 bits per heavy atom. The molecule has 1 fully saturated rings. The van der Waals surface area contributed by atoms with E-state index >= 15 is 0 Å². The van der Waals surface area contributed by atoms with Gasteiger partial charge in [0.15, 0.2) is 0 Å². The van der Waals surface area contributed by atoms with Crippen molar-refractivity contribution in [2.24, 2.45) is 5.92 Å². The second kappa shape index (κ2) is 3.31. The van der Waals surface area contributed by atoms with E-state index < -0.39 is 0 Å². The fraction of sp³-hybridized carbons (Fsp3) is 0.600. The molecule has 2 atom stereocenters. The summed E-state index contributed by atoms with van der Waals surface area (Å²) in [6.45, 7) is 0. The molecule has 1 aliphatic carbocycles. The third kappa shape index (κ3) is 1.53. The summed E-state index contributed by atoms with van der Waals surface area (Å²) in [6.07, 6.45) is 6.81. The van der Waals surface area contributed by atoms with Crippen molar-refractivity contribution in [3.63, 3.8) is 0 Å². The lowest BCUT2D eigenvalue weighted by atomic mass is 9.99. The molecule has 0 bridgehead atoms. The molecule has 0 radical (unpaired) electrons. The van der Waals surface area contributed by atoms with Crippen LogP contribution in [0.3, 0.4) is 0 Å². The molecule has 1 aromatic rings. The molecule has 1 aromatic heterocycles. The third-order valence-electron chi connectivity index (χ3n) is 2.86. The van der Waals surface area contributed by atoms with Crippen molar-refractivity contribution in [3.05, 3.63) is 24.2 Å². The SMILES string of the molecule is [NH3+][C@@H]1CCC[C@H]1Cc1ccco1. The number of rotatable bonds is 2. The summed E-state index contributed by atoms with van der Waals surface area (Å²) in [7, 11) is 0. The summed E-state index contributed by atoms with van der Waals surface area (Å²) < 4.78 is 5.32. The van der Waals surface area contributed by atoms with Crippen LogP contribution in [0.4, 0.5) is 0 Å². The maximum absolute atomic E-state index is 5.32. The van der Waals surface area contributed by atoms with E-state index in [0.717, 1.165) is 18.1 Å². The van der Waals surface area contributed by atoms with E-state index in [1.54, 1.807) is 6.26 Å². The summed E-state index contributed by atoms with van der Waals surface area (Å²) in [5.41, 5.74) is 4.16. The minimum absolute atomic E-state index is 0.648. The van der Waals surface area contributed by atoms with Gasteiger partial charge < -0.3 is 10.2 Å². The zero-order valence-electron chi connectivity index (χ0n) is 7.33. The second-order valence-corrected chi connectivity index (χ2v) is 3.73. The molecule has 0 aliphatic heterocycles. The highest BCUT2D eigenvalue weighted by atomic mass is 16.3. The number of quaternary nitrogens is 1. The quantitative estimate of drug-likeness (QED) is 0.705. The van der Waals surface area contributed by atoms with Crippen molar-refractivity contribution in [1.82, 2.24) is 0 Å². The molecule has 1 heterocycles. The molecule has 0 saturated heterocycles. The van der Waals surface area contributed by atoms with Crippen LogP contribution < -0.4 is 5.73 Å². The smallest absolute Gasteiger partial charge is 0.104 e. The van der Waals surface area contributed by atoms with Crippen molar-refractivity contribution < 1.29 is 10.2 Å².